The van der Waals surface area contributed by atoms with E-state index in [4.69, 9.17) is 0 Å². The van der Waals surface area contributed by atoms with Crippen LogP contribution in [0.1, 0.15) is 26.6 Å². The van der Waals surface area contributed by atoms with Crippen molar-refractivity contribution >= 4 is 11.9 Å². The van der Waals surface area contributed by atoms with Gasteiger partial charge in [0.2, 0.25) is 5.91 Å². The van der Waals surface area contributed by atoms with E-state index in [1.807, 2.05) is 0 Å². The lowest BCUT2D eigenvalue weighted by Gasteiger charge is -2.29. The van der Waals surface area contributed by atoms with E-state index in [0.29, 0.717) is 5.82 Å². The maximum absolute atomic E-state index is 12.1. The van der Waals surface area contributed by atoms with Crippen LogP contribution in [-0.2, 0) is 16.1 Å². The number of nitrogens with one attached hydrogen (secondary N) is 1. The van der Waals surface area contributed by atoms with Crippen LogP contribution in [0.4, 0.5) is 0 Å². The number of nitrogens with zero attached hydrogens (tertiary/aromatic N) is 3. The Hall–Kier alpha value is -1.92. The zero-order valence-corrected chi connectivity index (χ0v) is 11.0. The number of carboxylic acid groups (broad SMARTS) is 1. The van der Waals surface area contributed by atoms with Crippen LogP contribution in [0.15, 0.2) is 6.33 Å². The molecular formula is C11H18N4O3. The van der Waals surface area contributed by atoms with Crippen molar-refractivity contribution in [1.29, 1.82) is 0 Å². The molecular weight excluding hydrogens is 236 g/mol. The summed E-state index contributed by atoms with van der Waals surface area (Å²) in [6.45, 7) is 5.39. The van der Waals surface area contributed by atoms with Crippen molar-refractivity contribution in [3.05, 3.63) is 12.2 Å². The molecule has 1 unspecified atom stereocenters. The highest BCUT2D eigenvalue weighted by atomic mass is 16.4. The van der Waals surface area contributed by atoms with E-state index in [1.165, 1.54) is 11.2 Å². The second-order valence-corrected chi connectivity index (χ2v) is 5.26. The molecule has 0 spiro atoms. The van der Waals surface area contributed by atoms with Crippen LogP contribution >= 0.6 is 0 Å². The van der Waals surface area contributed by atoms with Gasteiger partial charge in [0.15, 0.2) is 0 Å². The van der Waals surface area contributed by atoms with Crippen molar-refractivity contribution < 1.29 is 14.7 Å². The first-order valence-corrected chi connectivity index (χ1v) is 5.55. The molecule has 1 aromatic rings. The number of amides is 1. The number of aromatic nitrogens is 3. The minimum absolute atomic E-state index is 0.207. The molecule has 100 valence electrons. The summed E-state index contributed by atoms with van der Waals surface area (Å²) in [5.41, 5.74) is -0.640. The van der Waals surface area contributed by atoms with Crippen molar-refractivity contribution in [2.45, 2.75) is 27.3 Å². The van der Waals surface area contributed by atoms with Gasteiger partial charge in [0, 0.05) is 7.05 Å². The fourth-order valence-corrected chi connectivity index (χ4v) is 1.68. The largest absolute Gasteiger partial charge is 0.481 e. The van der Waals surface area contributed by atoms with Gasteiger partial charge in [-0.15, -0.1) is 0 Å². The maximum atomic E-state index is 12.1. The lowest BCUT2D eigenvalue weighted by molar-refractivity contribution is -0.155. The van der Waals surface area contributed by atoms with Gasteiger partial charge in [-0.25, -0.2) is 4.98 Å². The van der Waals surface area contributed by atoms with Gasteiger partial charge in [0.25, 0.3) is 0 Å². The Kier molecular flexibility index (Phi) is 4.05. The van der Waals surface area contributed by atoms with Crippen LogP contribution in [0.2, 0.25) is 0 Å². The van der Waals surface area contributed by atoms with E-state index in [2.05, 4.69) is 15.2 Å². The highest BCUT2D eigenvalue weighted by Gasteiger charge is 2.39. The fourth-order valence-electron chi connectivity index (χ4n) is 1.68. The van der Waals surface area contributed by atoms with Gasteiger partial charge in [-0.05, 0) is 5.41 Å². The average molecular weight is 254 g/mol. The normalized spacial score (nSPS) is 13.1. The molecule has 18 heavy (non-hydrogen) atoms. The summed E-state index contributed by atoms with van der Waals surface area (Å²) in [6, 6.07) is 0. The lowest BCUT2D eigenvalue weighted by atomic mass is 9.80. The van der Waals surface area contributed by atoms with E-state index >= 15 is 0 Å². The monoisotopic (exact) mass is 254 g/mol. The Morgan fingerprint density at radius 2 is 2.11 bits per heavy atom. The summed E-state index contributed by atoms with van der Waals surface area (Å²) in [5.74, 6) is -2.11. The number of hydrogen-bond acceptors (Lipinski definition) is 4. The molecule has 0 aliphatic rings. The summed E-state index contributed by atoms with van der Waals surface area (Å²) >= 11 is 0. The number of rotatable bonds is 4. The Morgan fingerprint density at radius 3 is 2.50 bits per heavy atom. The second-order valence-electron chi connectivity index (χ2n) is 5.26. The summed E-state index contributed by atoms with van der Waals surface area (Å²) in [7, 11) is 1.55. The molecule has 1 rings (SSSR count). The molecule has 7 heteroatoms. The Balaban J connectivity index is 2.81. The van der Waals surface area contributed by atoms with Gasteiger partial charge in [0.1, 0.15) is 18.1 Å². The van der Waals surface area contributed by atoms with Crippen molar-refractivity contribution in [3.8, 4) is 0 Å². The van der Waals surface area contributed by atoms with Crippen molar-refractivity contribution in [2.75, 3.05) is 7.05 Å². The summed E-state index contributed by atoms with van der Waals surface area (Å²) < 4.78 is 0. The molecule has 0 radical (unpaired) electrons. The third kappa shape index (κ3) is 3.28. The third-order valence-electron chi connectivity index (χ3n) is 2.59. The standard InChI is InChI=1S/C11H18N4O3/c1-11(2,3)8(10(17)18)9(16)15(4)5-7-12-6-13-14-7/h6,8H,5H2,1-4H3,(H,17,18)(H,12,13,14). The van der Waals surface area contributed by atoms with E-state index < -0.39 is 23.2 Å². The SMILES string of the molecule is CN(Cc1ncn[nH]1)C(=O)C(C(=O)O)C(C)(C)C. The first-order chi connectivity index (χ1) is 8.23. The minimum Gasteiger partial charge on any atom is -0.481 e. The number of carbonyl (C=O) groups excluding carboxylic acids is 1. The average Bonchev–Trinajstić information content (AvgIpc) is 2.67. The maximum Gasteiger partial charge on any atom is 0.316 e. The number of aliphatic carboxylic acids is 1. The molecule has 2 N–H and O–H groups in total. The molecule has 0 saturated heterocycles. The number of hydrogen-bond donors (Lipinski definition) is 2. The zero-order chi connectivity index (χ0) is 13.9. The van der Waals surface area contributed by atoms with Crippen LogP contribution in [0.5, 0.6) is 0 Å². The van der Waals surface area contributed by atoms with Crippen molar-refractivity contribution in [3.63, 3.8) is 0 Å². The van der Waals surface area contributed by atoms with Crippen LogP contribution in [0, 0.1) is 11.3 Å². The van der Waals surface area contributed by atoms with Gasteiger partial charge in [0.05, 0.1) is 6.54 Å². The predicted molar refractivity (Wildman–Crippen MR) is 63.4 cm³/mol. The zero-order valence-electron chi connectivity index (χ0n) is 11.0. The first kappa shape index (κ1) is 14.1. The molecule has 0 fully saturated rings. The van der Waals surface area contributed by atoms with Crippen LogP contribution in [-0.4, -0.2) is 44.1 Å². The quantitative estimate of drug-likeness (QED) is 0.763. The summed E-state index contributed by atoms with van der Waals surface area (Å²) in [4.78, 5) is 28.6. The number of H-pyrrole nitrogens is 1. The van der Waals surface area contributed by atoms with Crippen molar-refractivity contribution in [1.82, 2.24) is 20.1 Å². The Morgan fingerprint density at radius 1 is 1.50 bits per heavy atom. The summed E-state index contributed by atoms with van der Waals surface area (Å²) in [6.07, 6.45) is 1.34. The second kappa shape index (κ2) is 5.16. The molecule has 0 aliphatic heterocycles. The lowest BCUT2D eigenvalue weighted by Crippen LogP contribution is -2.43. The van der Waals surface area contributed by atoms with E-state index in [-0.39, 0.29) is 6.54 Å². The highest BCUT2D eigenvalue weighted by molar-refractivity contribution is 5.97. The smallest absolute Gasteiger partial charge is 0.316 e. The van der Waals surface area contributed by atoms with Gasteiger partial charge in [-0.3, -0.25) is 14.7 Å². The number of aromatic amines is 1. The predicted octanol–water partition coefficient (Wildman–Crippen LogP) is 0.510. The van der Waals surface area contributed by atoms with Gasteiger partial charge >= 0.3 is 5.97 Å². The Bertz CT molecular complexity index is 422. The van der Waals surface area contributed by atoms with Gasteiger partial charge in [-0.2, -0.15) is 5.10 Å². The number of carbonyl (C=O) groups is 2. The topological polar surface area (TPSA) is 99.2 Å². The van der Waals surface area contributed by atoms with E-state index in [1.54, 1.807) is 27.8 Å². The molecule has 0 saturated carbocycles. The van der Waals surface area contributed by atoms with E-state index in [0.717, 1.165) is 0 Å². The molecule has 1 heterocycles. The van der Waals surface area contributed by atoms with Gasteiger partial charge < -0.3 is 10.0 Å². The van der Waals surface area contributed by atoms with E-state index in [9.17, 15) is 14.7 Å². The highest BCUT2D eigenvalue weighted by Crippen LogP contribution is 2.27. The van der Waals surface area contributed by atoms with Gasteiger partial charge in [-0.1, -0.05) is 20.8 Å². The third-order valence-corrected chi connectivity index (χ3v) is 2.59. The molecule has 1 amide bonds. The molecule has 7 nitrogen and oxygen atoms in total. The Labute approximate surface area is 105 Å². The molecule has 0 aliphatic carbocycles. The summed E-state index contributed by atoms with van der Waals surface area (Å²) in [5, 5.41) is 15.5. The molecule has 1 atom stereocenters. The molecule has 1 aromatic heterocycles. The van der Waals surface area contributed by atoms with Crippen molar-refractivity contribution in [2.24, 2.45) is 11.3 Å². The fraction of sp³-hybridized carbons (Fsp3) is 0.636. The number of carboxylic acids is 1. The van der Waals surface area contributed by atoms with Crippen LogP contribution in [0.3, 0.4) is 0 Å². The minimum atomic E-state index is -1.11. The molecule has 0 bridgehead atoms. The van der Waals surface area contributed by atoms with Crippen LogP contribution in [0.25, 0.3) is 0 Å². The molecule has 0 aromatic carbocycles. The first-order valence-electron chi connectivity index (χ1n) is 5.55. The van der Waals surface area contributed by atoms with Crippen LogP contribution < -0.4 is 0 Å².